The van der Waals surface area contributed by atoms with Gasteiger partial charge in [0.1, 0.15) is 13.2 Å². The summed E-state index contributed by atoms with van der Waals surface area (Å²) in [6, 6.07) is -0.868. The topological polar surface area (TPSA) is 105 Å². The number of rotatable bonds is 58. The number of amides is 1. The average molecular weight is 1040 g/mol. The minimum Gasteiger partial charge on any atom is -0.387 e. The Balaban J connectivity index is 4.17. The predicted molar refractivity (Wildman–Crippen MR) is 314 cm³/mol. The van der Waals surface area contributed by atoms with Gasteiger partial charge >= 0.3 is 7.82 Å². The van der Waals surface area contributed by atoms with Gasteiger partial charge in [0.2, 0.25) is 5.91 Å². The number of carbonyl (C=O) groups is 1. The van der Waals surface area contributed by atoms with Gasteiger partial charge in [-0.1, -0.05) is 294 Å². The Morgan fingerprint density at radius 3 is 1.11 bits per heavy atom. The van der Waals surface area contributed by atoms with Crippen LogP contribution in [0.5, 0.6) is 0 Å². The van der Waals surface area contributed by atoms with E-state index in [9.17, 15) is 19.4 Å². The van der Waals surface area contributed by atoms with Gasteiger partial charge in [-0.05, 0) is 44.9 Å². The van der Waals surface area contributed by atoms with Crippen LogP contribution in [0.2, 0.25) is 0 Å². The first-order valence-electron chi connectivity index (χ1n) is 31.4. The van der Waals surface area contributed by atoms with Crippen molar-refractivity contribution in [1.82, 2.24) is 5.32 Å². The van der Waals surface area contributed by atoms with Crippen molar-refractivity contribution in [1.29, 1.82) is 0 Å². The number of hydrogen-bond donors (Lipinski definition) is 3. The van der Waals surface area contributed by atoms with Gasteiger partial charge in [-0.25, -0.2) is 4.57 Å². The number of phosphoric acid groups is 1. The second kappa shape index (κ2) is 54.5. The van der Waals surface area contributed by atoms with E-state index in [-0.39, 0.29) is 19.1 Å². The molecule has 0 heterocycles. The van der Waals surface area contributed by atoms with E-state index >= 15 is 0 Å². The van der Waals surface area contributed by atoms with Crippen molar-refractivity contribution in [3.8, 4) is 0 Å². The summed E-state index contributed by atoms with van der Waals surface area (Å²) >= 11 is 0. The number of hydrogen-bond acceptors (Lipinski definition) is 5. The number of quaternary nitrogens is 1. The summed E-state index contributed by atoms with van der Waals surface area (Å²) in [7, 11) is 1.56. The molecule has 0 aliphatic heterocycles. The summed E-state index contributed by atoms with van der Waals surface area (Å²) in [4.78, 5) is 23.3. The molecule has 0 saturated heterocycles. The normalized spacial score (nSPS) is 14.0. The van der Waals surface area contributed by atoms with Crippen LogP contribution in [0, 0.1) is 0 Å². The molecule has 0 aliphatic rings. The molecule has 0 spiro atoms. The van der Waals surface area contributed by atoms with Crippen LogP contribution in [0.1, 0.15) is 309 Å². The van der Waals surface area contributed by atoms with Gasteiger partial charge in [0.25, 0.3) is 0 Å². The van der Waals surface area contributed by atoms with Crippen LogP contribution in [0.25, 0.3) is 0 Å². The molecule has 8 nitrogen and oxygen atoms in total. The Morgan fingerprint density at radius 2 is 0.764 bits per heavy atom. The summed E-state index contributed by atoms with van der Waals surface area (Å²) in [5.41, 5.74) is 0. The van der Waals surface area contributed by atoms with E-state index in [1.165, 1.54) is 244 Å². The van der Waals surface area contributed by atoms with Gasteiger partial charge < -0.3 is 19.8 Å². The molecule has 0 aliphatic carbocycles. The maximum absolute atomic E-state index is 13.0. The third-order valence-electron chi connectivity index (χ3n) is 14.3. The number of allylic oxidation sites excluding steroid dienone is 5. The Morgan fingerprint density at radius 1 is 0.458 bits per heavy atom. The molecule has 0 rings (SSSR count). The smallest absolute Gasteiger partial charge is 0.387 e. The number of carbonyl (C=O) groups excluding carboxylic acids is 1. The molecule has 0 aromatic rings. The molecule has 0 radical (unpaired) electrons. The van der Waals surface area contributed by atoms with Crippen LogP contribution in [-0.4, -0.2) is 73.4 Å². The molecule has 0 saturated carbocycles. The first-order valence-corrected chi connectivity index (χ1v) is 32.9. The number of phosphoric ester groups is 1. The lowest BCUT2D eigenvalue weighted by Crippen LogP contribution is -2.45. The molecular weight excluding hydrogens is 912 g/mol. The van der Waals surface area contributed by atoms with Crippen molar-refractivity contribution in [2.24, 2.45) is 0 Å². The first kappa shape index (κ1) is 70.7. The highest BCUT2D eigenvalue weighted by Gasteiger charge is 2.27. The fourth-order valence-electron chi connectivity index (χ4n) is 9.43. The molecule has 3 atom stereocenters. The predicted octanol–water partition coefficient (Wildman–Crippen LogP) is 19.3. The zero-order valence-corrected chi connectivity index (χ0v) is 49.6. The van der Waals surface area contributed by atoms with E-state index in [2.05, 4.69) is 43.5 Å². The van der Waals surface area contributed by atoms with Crippen molar-refractivity contribution in [3.63, 3.8) is 0 Å². The van der Waals surface area contributed by atoms with Crippen molar-refractivity contribution in [3.05, 3.63) is 36.5 Å². The van der Waals surface area contributed by atoms with Gasteiger partial charge in [0.05, 0.1) is 39.9 Å². The molecule has 0 aromatic heterocycles. The molecule has 0 fully saturated rings. The highest BCUT2D eigenvalue weighted by Crippen LogP contribution is 2.43. The van der Waals surface area contributed by atoms with Crippen molar-refractivity contribution >= 4 is 13.7 Å². The summed E-state index contributed by atoms with van der Waals surface area (Å²) in [5.74, 6) is -0.186. The fraction of sp³-hybridized carbons (Fsp3) is 0.889. The summed E-state index contributed by atoms with van der Waals surface area (Å²) in [6.07, 6.45) is 71.3. The Kier molecular flexibility index (Phi) is 53.5. The van der Waals surface area contributed by atoms with Crippen molar-refractivity contribution in [2.75, 3.05) is 40.9 Å². The van der Waals surface area contributed by atoms with Gasteiger partial charge in [0.15, 0.2) is 0 Å². The monoisotopic (exact) mass is 1040 g/mol. The standard InChI is InChI=1S/C63H123N2O6P/c1-6-8-10-12-14-16-18-20-22-24-26-27-28-29-30-31-32-33-34-35-36-37-39-40-42-44-46-48-50-52-54-56-62(66)61(60-71-72(68,69)70-59-58-65(3,4)5)64-63(67)57-55-53-51-49-47-45-43-41-38-25-23-21-19-17-15-13-11-9-7-2/h39-40,46,48,54,56,61-62,66H,6-38,41-45,47,49-53,55,57-60H2,1-5H3,(H-,64,67,68,69)/p+1/b40-39+,48-46+,56-54+. The average Bonchev–Trinajstić information content (AvgIpc) is 3.34. The maximum atomic E-state index is 13.0. The fourth-order valence-corrected chi connectivity index (χ4v) is 10.2. The summed E-state index contributed by atoms with van der Waals surface area (Å²) < 4.78 is 23.7. The van der Waals surface area contributed by atoms with E-state index in [4.69, 9.17) is 9.05 Å². The number of aliphatic hydroxyl groups is 1. The molecule has 9 heteroatoms. The third kappa shape index (κ3) is 56.4. The first-order chi connectivity index (χ1) is 35.0. The van der Waals surface area contributed by atoms with E-state index in [1.807, 2.05) is 27.2 Å². The molecule has 3 unspecified atom stereocenters. The van der Waals surface area contributed by atoms with Gasteiger partial charge in [-0.15, -0.1) is 0 Å². The van der Waals surface area contributed by atoms with Crippen molar-refractivity contribution < 1.29 is 32.9 Å². The second-order valence-corrected chi connectivity index (χ2v) is 24.2. The van der Waals surface area contributed by atoms with Gasteiger partial charge in [-0.3, -0.25) is 13.8 Å². The Labute approximate surface area is 448 Å². The van der Waals surface area contributed by atoms with Gasteiger partial charge in [-0.2, -0.15) is 0 Å². The SMILES string of the molecule is CCCCCCCCCCCCCCCCCCCCCCC/C=C/CC/C=C/CC/C=C/C(O)C(COP(=O)(O)OCC[N+](C)(C)C)NC(=O)CCCCCCCCCCCCCCCCCCCCC. The minimum atomic E-state index is -4.36. The zero-order valence-electron chi connectivity index (χ0n) is 48.7. The molecule has 0 aromatic carbocycles. The number of unbranched alkanes of at least 4 members (excludes halogenated alkanes) is 41. The highest BCUT2D eigenvalue weighted by atomic mass is 31.2. The maximum Gasteiger partial charge on any atom is 0.472 e. The van der Waals surface area contributed by atoms with Crippen LogP contribution in [0.15, 0.2) is 36.5 Å². The van der Waals surface area contributed by atoms with E-state index in [0.29, 0.717) is 17.4 Å². The quantitative estimate of drug-likeness (QED) is 0.0243. The van der Waals surface area contributed by atoms with Crippen molar-refractivity contribution in [2.45, 2.75) is 321 Å². The molecule has 426 valence electrons. The van der Waals surface area contributed by atoms with Gasteiger partial charge in [0, 0.05) is 6.42 Å². The third-order valence-corrected chi connectivity index (χ3v) is 15.3. The largest absolute Gasteiger partial charge is 0.472 e. The Hall–Kier alpha value is -1.28. The highest BCUT2D eigenvalue weighted by molar-refractivity contribution is 7.47. The minimum absolute atomic E-state index is 0.0552. The molecular formula is C63H124N2O6P+. The second-order valence-electron chi connectivity index (χ2n) is 22.8. The molecule has 1 amide bonds. The van der Waals surface area contributed by atoms with E-state index in [1.54, 1.807) is 6.08 Å². The summed E-state index contributed by atoms with van der Waals surface area (Å²) in [5, 5.41) is 13.9. The lowest BCUT2D eigenvalue weighted by molar-refractivity contribution is -0.870. The van der Waals surface area contributed by atoms with E-state index in [0.717, 1.165) is 44.9 Å². The van der Waals surface area contributed by atoms with Crippen LogP contribution < -0.4 is 5.32 Å². The number of likely N-dealkylation sites (N-methyl/N-ethyl adjacent to an activating group) is 1. The lowest BCUT2D eigenvalue weighted by atomic mass is 10.0. The number of nitrogens with zero attached hydrogens (tertiary/aromatic N) is 1. The molecule has 72 heavy (non-hydrogen) atoms. The number of aliphatic hydroxyl groups excluding tert-OH is 1. The molecule has 0 bridgehead atoms. The number of nitrogens with one attached hydrogen (secondary N) is 1. The van der Waals surface area contributed by atoms with E-state index < -0.39 is 20.0 Å². The van der Waals surface area contributed by atoms with Crippen LogP contribution in [0.4, 0.5) is 0 Å². The summed E-state index contributed by atoms with van der Waals surface area (Å²) in [6.45, 7) is 4.83. The Bertz CT molecular complexity index is 1270. The lowest BCUT2D eigenvalue weighted by Gasteiger charge is -2.25. The van der Waals surface area contributed by atoms with Crippen LogP contribution >= 0.6 is 7.82 Å². The molecule has 3 N–H and O–H groups in total. The zero-order chi connectivity index (χ0) is 52.7. The van der Waals surface area contributed by atoms with Crippen LogP contribution in [-0.2, 0) is 18.4 Å². The van der Waals surface area contributed by atoms with Crippen LogP contribution in [0.3, 0.4) is 0 Å².